The van der Waals surface area contributed by atoms with E-state index in [0.29, 0.717) is 12.7 Å². The van der Waals surface area contributed by atoms with Crippen molar-refractivity contribution in [3.8, 4) is 0 Å². The molecule has 0 amide bonds. The van der Waals surface area contributed by atoms with Crippen LogP contribution in [-0.4, -0.2) is 41.1 Å². The van der Waals surface area contributed by atoms with Crippen molar-refractivity contribution in [3.63, 3.8) is 0 Å². The van der Waals surface area contributed by atoms with E-state index in [4.69, 9.17) is 0 Å². The molecule has 0 saturated heterocycles. The third-order valence-electron chi connectivity index (χ3n) is 5.36. The maximum Gasteiger partial charge on any atom is 0.116 e. The van der Waals surface area contributed by atoms with Crippen LogP contribution in [0, 0.1) is 6.92 Å². The second-order valence-corrected chi connectivity index (χ2v) is 6.92. The van der Waals surface area contributed by atoms with Crippen LogP contribution in [0.4, 0.5) is 5.69 Å². The lowest BCUT2D eigenvalue weighted by molar-refractivity contribution is 0.231. The molecule has 1 fully saturated rings. The Morgan fingerprint density at radius 3 is 2.88 bits per heavy atom. The molecule has 5 nitrogen and oxygen atoms in total. The summed E-state index contributed by atoms with van der Waals surface area (Å²) in [7, 11) is 2.24. The van der Waals surface area contributed by atoms with Crippen LogP contribution in [0.5, 0.6) is 0 Å². The lowest BCUT2D eigenvalue weighted by atomic mass is 9.94. The third kappa shape index (κ3) is 2.68. The molecule has 0 atom stereocenters. The highest BCUT2D eigenvalue weighted by Crippen LogP contribution is 2.32. The molecule has 0 radical (unpaired) electrons. The van der Waals surface area contributed by atoms with Crippen LogP contribution in [0.1, 0.15) is 37.7 Å². The monoisotopic (exact) mass is 323 g/mol. The number of aromatic amines is 1. The van der Waals surface area contributed by atoms with Crippen molar-refractivity contribution >= 4 is 22.8 Å². The van der Waals surface area contributed by atoms with Crippen LogP contribution < -0.4 is 4.90 Å². The molecule has 1 saturated carbocycles. The zero-order chi connectivity index (χ0) is 16.5. The van der Waals surface area contributed by atoms with Gasteiger partial charge in [0, 0.05) is 30.4 Å². The Balaban J connectivity index is 1.68. The second kappa shape index (κ2) is 6.30. The number of nitrogens with one attached hydrogen (secondary N) is 1. The minimum absolute atomic E-state index is 0.636. The summed E-state index contributed by atoms with van der Waals surface area (Å²) in [6.07, 6.45) is 12.6. The topological polar surface area (TPSA) is 47.5 Å². The van der Waals surface area contributed by atoms with E-state index in [1.54, 1.807) is 0 Å². The molecule has 2 aliphatic rings. The van der Waals surface area contributed by atoms with Gasteiger partial charge < -0.3 is 9.80 Å². The fraction of sp³-hybridized carbons (Fsp3) is 0.474. The Hall–Kier alpha value is -2.30. The highest BCUT2D eigenvalue weighted by molar-refractivity contribution is 5.85. The predicted octanol–water partition coefficient (Wildman–Crippen LogP) is 3.83. The summed E-state index contributed by atoms with van der Waals surface area (Å²) >= 11 is 0. The molecule has 126 valence electrons. The van der Waals surface area contributed by atoms with Gasteiger partial charge in [0.25, 0.3) is 0 Å². The average molecular weight is 323 g/mol. The average Bonchev–Trinajstić information content (AvgIpc) is 3.08. The van der Waals surface area contributed by atoms with E-state index in [-0.39, 0.29) is 0 Å². The molecule has 1 N–H and O–H groups in total. The molecule has 5 heteroatoms. The Labute approximate surface area is 143 Å². The fourth-order valence-corrected chi connectivity index (χ4v) is 3.95. The van der Waals surface area contributed by atoms with Gasteiger partial charge in [-0.25, -0.2) is 0 Å². The molecular weight excluding hydrogens is 298 g/mol. The molecule has 4 rings (SSSR count). The van der Waals surface area contributed by atoms with E-state index < -0.39 is 0 Å². The molecule has 1 aliphatic heterocycles. The number of hydrogen-bond acceptors (Lipinski definition) is 4. The maximum atomic E-state index is 4.50. The molecule has 2 aromatic rings. The summed E-state index contributed by atoms with van der Waals surface area (Å²) in [6, 6.07) is 5.03. The number of H-pyrrole nitrogens is 1. The van der Waals surface area contributed by atoms with Gasteiger partial charge in [0.05, 0.1) is 11.7 Å². The van der Waals surface area contributed by atoms with E-state index in [1.807, 2.05) is 12.4 Å². The SMILES string of the molecule is Cc1cc2[nH]ncc2cc1N1CN=CC=C1N(C)C1CCCCC1. The number of nitrogens with zero attached hydrogens (tertiary/aromatic N) is 4. The Morgan fingerprint density at radius 1 is 1.21 bits per heavy atom. The lowest BCUT2D eigenvalue weighted by Gasteiger charge is -2.40. The quantitative estimate of drug-likeness (QED) is 0.934. The van der Waals surface area contributed by atoms with E-state index in [9.17, 15) is 0 Å². The first-order valence-corrected chi connectivity index (χ1v) is 8.88. The zero-order valence-electron chi connectivity index (χ0n) is 14.5. The molecule has 24 heavy (non-hydrogen) atoms. The standard InChI is InChI=1S/C19H25N5/c1-14-10-17-15(12-21-22-17)11-18(14)24-13-20-9-8-19(24)23(2)16-6-4-3-5-7-16/h8-12,16H,3-7,13H2,1-2H3,(H,21,22). The van der Waals surface area contributed by atoms with E-state index in [2.05, 4.69) is 57.2 Å². The van der Waals surface area contributed by atoms with Gasteiger partial charge in [0.2, 0.25) is 0 Å². The minimum atomic E-state index is 0.636. The smallest absolute Gasteiger partial charge is 0.116 e. The van der Waals surface area contributed by atoms with Crippen molar-refractivity contribution in [1.29, 1.82) is 0 Å². The van der Waals surface area contributed by atoms with Gasteiger partial charge >= 0.3 is 0 Å². The van der Waals surface area contributed by atoms with Crippen molar-refractivity contribution in [2.45, 2.75) is 45.1 Å². The number of anilines is 1. The fourth-order valence-electron chi connectivity index (χ4n) is 3.95. The van der Waals surface area contributed by atoms with Gasteiger partial charge in [-0.2, -0.15) is 5.10 Å². The van der Waals surface area contributed by atoms with Crippen LogP contribution >= 0.6 is 0 Å². The van der Waals surface area contributed by atoms with E-state index in [0.717, 1.165) is 10.9 Å². The van der Waals surface area contributed by atoms with Crippen LogP contribution in [0.25, 0.3) is 10.9 Å². The Kier molecular flexibility index (Phi) is 4.00. The number of aliphatic imine (C=N–C) groups is 1. The predicted molar refractivity (Wildman–Crippen MR) is 99.4 cm³/mol. The molecule has 1 aromatic carbocycles. The Bertz CT molecular complexity index is 782. The summed E-state index contributed by atoms with van der Waals surface area (Å²) < 4.78 is 0. The normalized spacial score (nSPS) is 18.9. The number of fused-ring (bicyclic) bond motifs is 1. The number of hydrogen-bond donors (Lipinski definition) is 1. The van der Waals surface area contributed by atoms with Gasteiger partial charge in [-0.15, -0.1) is 0 Å². The molecule has 0 bridgehead atoms. The van der Waals surface area contributed by atoms with Gasteiger partial charge in [0.1, 0.15) is 12.5 Å². The van der Waals surface area contributed by atoms with Crippen LogP contribution in [0.3, 0.4) is 0 Å². The van der Waals surface area contributed by atoms with Crippen LogP contribution in [0.2, 0.25) is 0 Å². The van der Waals surface area contributed by atoms with Gasteiger partial charge in [0.15, 0.2) is 0 Å². The van der Waals surface area contributed by atoms with E-state index in [1.165, 1.54) is 49.2 Å². The summed E-state index contributed by atoms with van der Waals surface area (Å²) in [6.45, 7) is 2.83. The van der Waals surface area contributed by atoms with Crippen molar-refractivity contribution in [2.24, 2.45) is 4.99 Å². The van der Waals surface area contributed by atoms with Crippen LogP contribution in [-0.2, 0) is 0 Å². The molecular formula is C19H25N5. The highest BCUT2D eigenvalue weighted by Gasteiger charge is 2.25. The molecule has 0 spiro atoms. The zero-order valence-corrected chi connectivity index (χ0v) is 14.5. The van der Waals surface area contributed by atoms with Crippen molar-refractivity contribution < 1.29 is 0 Å². The summed E-state index contributed by atoms with van der Waals surface area (Å²) in [5.41, 5.74) is 3.55. The third-order valence-corrected chi connectivity index (χ3v) is 5.36. The van der Waals surface area contributed by atoms with Crippen molar-refractivity contribution in [1.82, 2.24) is 15.1 Å². The van der Waals surface area contributed by atoms with Crippen molar-refractivity contribution in [2.75, 3.05) is 18.6 Å². The molecule has 1 aliphatic carbocycles. The van der Waals surface area contributed by atoms with E-state index >= 15 is 0 Å². The first-order chi connectivity index (χ1) is 11.7. The first kappa shape index (κ1) is 15.2. The van der Waals surface area contributed by atoms with Gasteiger partial charge in [-0.3, -0.25) is 10.1 Å². The first-order valence-electron chi connectivity index (χ1n) is 8.88. The minimum Gasteiger partial charge on any atom is -0.358 e. The number of allylic oxidation sites excluding steroid dienone is 1. The number of aryl methyl sites for hydroxylation is 1. The Morgan fingerprint density at radius 2 is 2.04 bits per heavy atom. The van der Waals surface area contributed by atoms with Gasteiger partial charge in [-0.05, 0) is 43.5 Å². The number of rotatable bonds is 3. The van der Waals surface area contributed by atoms with Gasteiger partial charge in [-0.1, -0.05) is 19.3 Å². The largest absolute Gasteiger partial charge is 0.358 e. The molecule has 2 heterocycles. The van der Waals surface area contributed by atoms with Crippen LogP contribution in [0.15, 0.2) is 35.2 Å². The highest BCUT2D eigenvalue weighted by atomic mass is 15.4. The summed E-state index contributed by atoms with van der Waals surface area (Å²) in [5.74, 6) is 1.25. The number of benzene rings is 1. The van der Waals surface area contributed by atoms with Crippen molar-refractivity contribution in [3.05, 3.63) is 35.8 Å². The summed E-state index contributed by atoms with van der Waals surface area (Å²) in [4.78, 5) is 9.29. The lowest BCUT2D eigenvalue weighted by Crippen LogP contribution is -2.41. The molecule has 1 aromatic heterocycles. The maximum absolute atomic E-state index is 4.50. The second-order valence-electron chi connectivity index (χ2n) is 6.92. The number of aromatic nitrogens is 2. The summed E-state index contributed by atoms with van der Waals surface area (Å²) in [5, 5.41) is 8.35. The molecule has 0 unspecified atom stereocenters.